The van der Waals surface area contributed by atoms with Crippen LogP contribution in [-0.2, 0) is 11.3 Å². The Morgan fingerprint density at radius 3 is 2.35 bits per heavy atom. The normalized spacial score (nSPS) is 11.4. The Kier molecular flexibility index (Phi) is 4.43. The zero-order valence-electron chi connectivity index (χ0n) is 14.2. The smallest absolute Gasteiger partial charge is 0.241 e. The largest absolute Gasteiger partial charge is 0.340 e. The van der Waals surface area contributed by atoms with Gasteiger partial charge in [-0.25, -0.2) is 5.43 Å². The second-order valence-electron chi connectivity index (χ2n) is 6.02. The Bertz CT molecular complexity index is 1030. The van der Waals surface area contributed by atoms with E-state index in [1.165, 1.54) is 10.8 Å². The Hall–Kier alpha value is -3.47. The molecule has 0 atom stereocenters. The van der Waals surface area contributed by atoms with Crippen LogP contribution in [0.5, 0.6) is 0 Å². The van der Waals surface area contributed by atoms with Gasteiger partial charge in [-0.1, -0.05) is 42.5 Å². The van der Waals surface area contributed by atoms with Gasteiger partial charge in [0.15, 0.2) is 0 Å². The van der Waals surface area contributed by atoms with Crippen LogP contribution in [-0.4, -0.2) is 21.7 Å². The zero-order valence-corrected chi connectivity index (χ0v) is 14.2. The maximum Gasteiger partial charge on any atom is 0.241 e. The lowest BCUT2D eigenvalue weighted by molar-refractivity contribution is -0.121. The van der Waals surface area contributed by atoms with Crippen molar-refractivity contribution in [1.82, 2.24) is 15.0 Å². The second kappa shape index (κ2) is 7.19. The number of hydrogen-bond donors (Lipinski definition) is 1. The van der Waals surface area contributed by atoms with Crippen LogP contribution in [0, 0.1) is 0 Å². The van der Waals surface area contributed by atoms with E-state index in [1.807, 2.05) is 36.4 Å². The van der Waals surface area contributed by atoms with Crippen molar-refractivity contribution in [2.45, 2.75) is 13.0 Å². The van der Waals surface area contributed by atoms with E-state index in [2.05, 4.69) is 44.3 Å². The number of amides is 1. The van der Waals surface area contributed by atoms with Crippen LogP contribution < -0.4 is 5.43 Å². The molecule has 0 saturated heterocycles. The number of nitrogens with one attached hydrogen (secondary N) is 1. The predicted octanol–water partition coefficient (Wildman–Crippen LogP) is 3.73. The summed E-state index contributed by atoms with van der Waals surface area (Å²) in [4.78, 5) is 16.1. The monoisotopic (exact) mass is 342 g/mol. The van der Waals surface area contributed by atoms with E-state index in [0.29, 0.717) is 13.0 Å². The molecule has 0 saturated carbocycles. The average molecular weight is 342 g/mol. The number of nitrogens with zero attached hydrogens (tertiary/aromatic N) is 3. The molecule has 2 aromatic heterocycles. The maximum atomic E-state index is 12.1. The molecule has 1 N–H and O–H groups in total. The van der Waals surface area contributed by atoms with Crippen molar-refractivity contribution in [3.05, 3.63) is 78.6 Å². The van der Waals surface area contributed by atoms with E-state index in [1.54, 1.807) is 18.6 Å². The van der Waals surface area contributed by atoms with Crippen LogP contribution in [0.4, 0.5) is 0 Å². The van der Waals surface area contributed by atoms with Gasteiger partial charge >= 0.3 is 0 Å². The molecule has 1 amide bonds. The first-order valence-corrected chi connectivity index (χ1v) is 8.51. The first kappa shape index (κ1) is 16.0. The second-order valence-corrected chi connectivity index (χ2v) is 6.02. The lowest BCUT2D eigenvalue weighted by Crippen LogP contribution is -2.19. The Morgan fingerprint density at radius 2 is 1.69 bits per heavy atom. The highest BCUT2D eigenvalue weighted by Gasteiger charge is 2.10. The molecule has 0 unspecified atom stereocenters. The maximum absolute atomic E-state index is 12.1. The first-order chi connectivity index (χ1) is 12.8. The van der Waals surface area contributed by atoms with Gasteiger partial charge < -0.3 is 4.57 Å². The summed E-state index contributed by atoms with van der Waals surface area (Å²) in [6.45, 7) is 0.599. The first-order valence-electron chi connectivity index (χ1n) is 8.51. The number of fused-ring (bicyclic) bond motifs is 3. The summed E-state index contributed by atoms with van der Waals surface area (Å²) in [5, 5.41) is 6.41. The number of hydrazone groups is 1. The summed E-state index contributed by atoms with van der Waals surface area (Å²) in [7, 11) is 0. The number of carbonyl (C=O) groups is 1. The van der Waals surface area contributed by atoms with Crippen LogP contribution >= 0.6 is 0 Å². The van der Waals surface area contributed by atoms with Gasteiger partial charge in [0.1, 0.15) is 0 Å². The molecule has 2 heterocycles. The summed E-state index contributed by atoms with van der Waals surface area (Å²) in [5.74, 6) is -0.119. The van der Waals surface area contributed by atoms with Gasteiger partial charge in [0.2, 0.25) is 5.91 Å². The highest BCUT2D eigenvalue weighted by molar-refractivity contribution is 6.08. The molecule has 5 nitrogen and oxygen atoms in total. The number of aryl methyl sites for hydroxylation is 1. The number of para-hydroxylation sites is 2. The minimum absolute atomic E-state index is 0.119. The van der Waals surface area contributed by atoms with Crippen molar-refractivity contribution in [1.29, 1.82) is 0 Å². The van der Waals surface area contributed by atoms with Gasteiger partial charge in [0.05, 0.1) is 6.21 Å². The van der Waals surface area contributed by atoms with Gasteiger partial charge in [-0.15, -0.1) is 0 Å². The van der Waals surface area contributed by atoms with Gasteiger partial charge in [0.25, 0.3) is 0 Å². The molecule has 4 aromatic rings. The minimum Gasteiger partial charge on any atom is -0.340 e. The quantitative estimate of drug-likeness (QED) is 0.444. The number of hydrogen-bond acceptors (Lipinski definition) is 3. The van der Waals surface area contributed by atoms with Crippen molar-refractivity contribution in [2.75, 3.05) is 0 Å². The van der Waals surface area contributed by atoms with Crippen LogP contribution in [0.15, 0.2) is 78.2 Å². The van der Waals surface area contributed by atoms with Crippen molar-refractivity contribution in [3.63, 3.8) is 0 Å². The number of benzene rings is 2. The molecule has 128 valence electrons. The number of aromatic nitrogens is 2. The number of rotatable bonds is 5. The fourth-order valence-corrected chi connectivity index (χ4v) is 3.14. The Morgan fingerprint density at radius 1 is 1.00 bits per heavy atom. The molecular weight excluding hydrogens is 324 g/mol. The van der Waals surface area contributed by atoms with Gasteiger partial charge in [-0.05, 0) is 18.2 Å². The highest BCUT2D eigenvalue weighted by Crippen LogP contribution is 2.28. The number of pyridine rings is 1. The summed E-state index contributed by atoms with van der Waals surface area (Å²) in [6, 6.07) is 20.2. The molecule has 0 aliphatic rings. The fourth-order valence-electron chi connectivity index (χ4n) is 3.14. The summed E-state index contributed by atoms with van der Waals surface area (Å²) >= 11 is 0. The Balaban J connectivity index is 1.49. The molecule has 5 heteroatoms. The minimum atomic E-state index is -0.119. The summed E-state index contributed by atoms with van der Waals surface area (Å²) in [5.41, 5.74) is 5.70. The lowest BCUT2D eigenvalue weighted by atomic mass is 10.2. The molecular formula is C21H18N4O. The van der Waals surface area contributed by atoms with Crippen molar-refractivity contribution in [3.8, 4) is 0 Å². The van der Waals surface area contributed by atoms with Gasteiger partial charge in [0, 0.05) is 52.7 Å². The topological polar surface area (TPSA) is 59.3 Å². The fraction of sp³-hybridized carbons (Fsp3) is 0.0952. The van der Waals surface area contributed by atoms with Crippen molar-refractivity contribution < 1.29 is 4.79 Å². The van der Waals surface area contributed by atoms with Gasteiger partial charge in [-0.3, -0.25) is 9.78 Å². The van der Waals surface area contributed by atoms with Crippen LogP contribution in [0.1, 0.15) is 12.0 Å². The van der Waals surface area contributed by atoms with E-state index in [4.69, 9.17) is 0 Å². The SMILES string of the molecule is O=C(CCn1c2ccccc2c2ccccc21)N/N=C/c1cccnc1. The third-order valence-electron chi connectivity index (χ3n) is 4.33. The van der Waals surface area contributed by atoms with Crippen molar-refractivity contribution >= 4 is 33.9 Å². The van der Waals surface area contributed by atoms with E-state index < -0.39 is 0 Å². The average Bonchev–Trinajstić information content (AvgIpc) is 3.01. The summed E-state index contributed by atoms with van der Waals surface area (Å²) < 4.78 is 2.19. The third kappa shape index (κ3) is 3.19. The molecule has 26 heavy (non-hydrogen) atoms. The third-order valence-corrected chi connectivity index (χ3v) is 4.33. The molecule has 0 aliphatic carbocycles. The molecule has 4 rings (SSSR count). The standard InChI is InChI=1S/C21H18N4O/c26-21(24-23-15-16-6-5-12-22-14-16)11-13-25-19-9-3-1-7-17(19)18-8-2-4-10-20(18)25/h1-10,12,14-15H,11,13H2,(H,24,26)/b23-15+. The predicted molar refractivity (Wildman–Crippen MR) is 104 cm³/mol. The number of carbonyl (C=O) groups excluding carboxylic acids is 1. The lowest BCUT2D eigenvalue weighted by Gasteiger charge is -2.06. The molecule has 0 fully saturated rings. The summed E-state index contributed by atoms with van der Waals surface area (Å²) in [6.07, 6.45) is 5.33. The molecule has 0 aliphatic heterocycles. The molecule has 0 spiro atoms. The van der Waals surface area contributed by atoms with Crippen LogP contribution in [0.25, 0.3) is 21.8 Å². The van der Waals surface area contributed by atoms with E-state index in [-0.39, 0.29) is 5.91 Å². The van der Waals surface area contributed by atoms with E-state index >= 15 is 0 Å². The zero-order chi connectivity index (χ0) is 17.8. The van der Waals surface area contributed by atoms with Crippen molar-refractivity contribution in [2.24, 2.45) is 5.10 Å². The van der Waals surface area contributed by atoms with Crippen LogP contribution in [0.3, 0.4) is 0 Å². The molecule has 0 bridgehead atoms. The Labute approximate surface area is 151 Å². The van der Waals surface area contributed by atoms with Gasteiger partial charge in [-0.2, -0.15) is 5.10 Å². The molecule has 0 radical (unpaired) electrons. The van der Waals surface area contributed by atoms with E-state index in [0.717, 1.165) is 16.6 Å². The highest BCUT2D eigenvalue weighted by atomic mass is 16.2. The van der Waals surface area contributed by atoms with Crippen LogP contribution in [0.2, 0.25) is 0 Å². The van der Waals surface area contributed by atoms with E-state index in [9.17, 15) is 4.79 Å². The molecule has 2 aromatic carbocycles.